The standard InChI is InChI=1S/C11H21N3O.ClH/c1-8-10(12)4-6-14(8)11(15)9-3-2-5-13-7-9;/h8-10,13H,2-7,12H2,1H3;1H/t8?,9-,10?;/m1./s1. The predicted molar refractivity (Wildman–Crippen MR) is 66.6 cm³/mol. The number of piperidine rings is 1. The SMILES string of the molecule is CC1C(N)CCN1C(=O)[C@@H]1CCCNC1.Cl. The lowest BCUT2D eigenvalue weighted by atomic mass is 9.98. The van der Waals surface area contributed by atoms with Crippen molar-refractivity contribution >= 4 is 18.3 Å². The summed E-state index contributed by atoms with van der Waals surface area (Å²) in [4.78, 5) is 14.2. The Kier molecular flexibility index (Phi) is 5.02. The normalized spacial score (nSPS) is 34.6. The van der Waals surface area contributed by atoms with Crippen LogP contribution in [0, 0.1) is 5.92 Å². The molecule has 5 heteroatoms. The molecule has 1 amide bonds. The van der Waals surface area contributed by atoms with Gasteiger partial charge in [-0.25, -0.2) is 0 Å². The molecule has 0 radical (unpaired) electrons. The van der Waals surface area contributed by atoms with Crippen molar-refractivity contribution in [1.29, 1.82) is 0 Å². The van der Waals surface area contributed by atoms with Crippen molar-refractivity contribution < 1.29 is 4.79 Å². The molecule has 2 saturated heterocycles. The van der Waals surface area contributed by atoms with E-state index in [2.05, 4.69) is 12.2 Å². The Bertz CT molecular complexity index is 243. The van der Waals surface area contributed by atoms with Gasteiger partial charge in [-0.1, -0.05) is 0 Å². The van der Waals surface area contributed by atoms with Crippen molar-refractivity contribution in [3.63, 3.8) is 0 Å². The fourth-order valence-corrected chi connectivity index (χ4v) is 2.57. The van der Waals surface area contributed by atoms with Gasteiger partial charge < -0.3 is 16.0 Å². The van der Waals surface area contributed by atoms with Crippen molar-refractivity contribution in [3.05, 3.63) is 0 Å². The van der Waals surface area contributed by atoms with E-state index >= 15 is 0 Å². The van der Waals surface area contributed by atoms with E-state index in [9.17, 15) is 4.79 Å². The van der Waals surface area contributed by atoms with Crippen molar-refractivity contribution in [2.45, 2.75) is 38.3 Å². The molecule has 2 fully saturated rings. The topological polar surface area (TPSA) is 58.4 Å². The highest BCUT2D eigenvalue weighted by Gasteiger charge is 2.35. The quantitative estimate of drug-likeness (QED) is 0.703. The number of carbonyl (C=O) groups is 1. The number of nitrogens with one attached hydrogen (secondary N) is 1. The predicted octanol–water partition coefficient (Wildman–Crippen LogP) is 0.356. The molecule has 16 heavy (non-hydrogen) atoms. The molecule has 2 aliphatic rings. The fourth-order valence-electron chi connectivity index (χ4n) is 2.57. The molecule has 2 heterocycles. The minimum Gasteiger partial charge on any atom is -0.338 e. The van der Waals surface area contributed by atoms with Gasteiger partial charge in [0.25, 0.3) is 0 Å². The van der Waals surface area contributed by atoms with Crippen LogP contribution in [0.1, 0.15) is 26.2 Å². The van der Waals surface area contributed by atoms with Gasteiger partial charge in [0, 0.05) is 25.2 Å². The van der Waals surface area contributed by atoms with Gasteiger partial charge in [0.1, 0.15) is 0 Å². The molecule has 94 valence electrons. The first-order valence-corrected chi connectivity index (χ1v) is 5.97. The van der Waals surface area contributed by atoms with Gasteiger partial charge in [0.15, 0.2) is 0 Å². The number of nitrogens with zero attached hydrogens (tertiary/aromatic N) is 1. The van der Waals surface area contributed by atoms with Gasteiger partial charge in [-0.15, -0.1) is 12.4 Å². The summed E-state index contributed by atoms with van der Waals surface area (Å²) >= 11 is 0. The first kappa shape index (κ1) is 13.7. The Morgan fingerprint density at radius 1 is 1.44 bits per heavy atom. The molecule has 0 bridgehead atoms. The zero-order valence-corrected chi connectivity index (χ0v) is 10.6. The maximum absolute atomic E-state index is 12.2. The lowest BCUT2D eigenvalue weighted by molar-refractivity contribution is -0.136. The Morgan fingerprint density at radius 2 is 2.19 bits per heavy atom. The van der Waals surface area contributed by atoms with Crippen LogP contribution in [0.15, 0.2) is 0 Å². The Labute approximate surface area is 103 Å². The maximum atomic E-state index is 12.2. The summed E-state index contributed by atoms with van der Waals surface area (Å²) in [6.45, 7) is 4.81. The third-order valence-corrected chi connectivity index (χ3v) is 3.74. The van der Waals surface area contributed by atoms with Crippen LogP contribution in [0.25, 0.3) is 0 Å². The minimum absolute atomic E-state index is 0. The molecule has 0 saturated carbocycles. The van der Waals surface area contributed by atoms with Gasteiger partial charge in [0.05, 0.1) is 5.92 Å². The summed E-state index contributed by atoms with van der Waals surface area (Å²) in [6.07, 6.45) is 3.10. The molecule has 2 unspecified atom stereocenters. The van der Waals surface area contributed by atoms with E-state index in [4.69, 9.17) is 5.73 Å². The minimum atomic E-state index is 0. The summed E-state index contributed by atoms with van der Waals surface area (Å²) in [7, 11) is 0. The average molecular weight is 248 g/mol. The molecule has 0 aromatic carbocycles. The van der Waals surface area contributed by atoms with Crippen molar-refractivity contribution in [2.75, 3.05) is 19.6 Å². The third-order valence-electron chi connectivity index (χ3n) is 3.74. The lowest BCUT2D eigenvalue weighted by Gasteiger charge is -2.30. The smallest absolute Gasteiger partial charge is 0.227 e. The summed E-state index contributed by atoms with van der Waals surface area (Å²) in [5.41, 5.74) is 5.93. The van der Waals surface area contributed by atoms with E-state index < -0.39 is 0 Å². The Hall–Kier alpha value is -0.320. The second kappa shape index (κ2) is 5.84. The first-order valence-electron chi connectivity index (χ1n) is 5.97. The molecule has 0 aromatic heterocycles. The van der Waals surface area contributed by atoms with Crippen molar-refractivity contribution in [3.8, 4) is 0 Å². The molecule has 0 aliphatic carbocycles. The summed E-state index contributed by atoms with van der Waals surface area (Å²) < 4.78 is 0. The van der Waals surface area contributed by atoms with E-state index in [1.807, 2.05) is 4.90 Å². The summed E-state index contributed by atoms with van der Waals surface area (Å²) in [5, 5.41) is 3.29. The van der Waals surface area contributed by atoms with Gasteiger partial charge in [-0.05, 0) is 32.7 Å². The highest BCUT2D eigenvalue weighted by molar-refractivity contribution is 5.85. The zero-order chi connectivity index (χ0) is 10.8. The largest absolute Gasteiger partial charge is 0.338 e. The van der Waals surface area contributed by atoms with E-state index in [-0.39, 0.29) is 30.4 Å². The number of rotatable bonds is 1. The molecule has 3 atom stereocenters. The number of halogens is 1. The zero-order valence-electron chi connectivity index (χ0n) is 9.82. The maximum Gasteiger partial charge on any atom is 0.227 e. The number of hydrogen-bond donors (Lipinski definition) is 2. The Balaban J connectivity index is 0.00000128. The highest BCUT2D eigenvalue weighted by Crippen LogP contribution is 2.21. The first-order chi connectivity index (χ1) is 7.20. The van der Waals surface area contributed by atoms with Crippen molar-refractivity contribution in [1.82, 2.24) is 10.2 Å². The molecular formula is C11H22ClN3O. The third kappa shape index (κ3) is 2.67. The molecular weight excluding hydrogens is 226 g/mol. The van der Waals surface area contributed by atoms with Crippen LogP contribution >= 0.6 is 12.4 Å². The number of nitrogens with two attached hydrogens (primary N) is 1. The van der Waals surface area contributed by atoms with E-state index in [1.165, 1.54) is 0 Å². The van der Waals surface area contributed by atoms with Gasteiger partial charge in [0.2, 0.25) is 5.91 Å². The molecule has 0 spiro atoms. The summed E-state index contributed by atoms with van der Waals surface area (Å²) in [6, 6.07) is 0.393. The Morgan fingerprint density at radius 3 is 2.69 bits per heavy atom. The van der Waals surface area contributed by atoms with Crippen LogP contribution in [0.2, 0.25) is 0 Å². The van der Waals surface area contributed by atoms with Crippen LogP contribution in [0.4, 0.5) is 0 Å². The highest BCUT2D eigenvalue weighted by atomic mass is 35.5. The monoisotopic (exact) mass is 247 g/mol. The van der Waals surface area contributed by atoms with Gasteiger partial charge in [-0.2, -0.15) is 0 Å². The molecule has 2 rings (SSSR count). The number of hydrogen-bond acceptors (Lipinski definition) is 3. The van der Waals surface area contributed by atoms with E-state index in [1.54, 1.807) is 0 Å². The second-order valence-corrected chi connectivity index (χ2v) is 4.77. The van der Waals surface area contributed by atoms with Crippen molar-refractivity contribution in [2.24, 2.45) is 11.7 Å². The average Bonchev–Trinajstić information content (AvgIpc) is 2.60. The second-order valence-electron chi connectivity index (χ2n) is 4.77. The van der Waals surface area contributed by atoms with Gasteiger partial charge >= 0.3 is 0 Å². The molecule has 2 aliphatic heterocycles. The number of amides is 1. The molecule has 3 N–H and O–H groups in total. The lowest BCUT2D eigenvalue weighted by Crippen LogP contribution is -2.46. The molecule has 0 aromatic rings. The van der Waals surface area contributed by atoms with Gasteiger partial charge in [-0.3, -0.25) is 4.79 Å². The van der Waals surface area contributed by atoms with E-state index in [0.717, 1.165) is 38.9 Å². The van der Waals surface area contributed by atoms with Crippen LogP contribution in [0.3, 0.4) is 0 Å². The number of carbonyl (C=O) groups excluding carboxylic acids is 1. The molecule has 4 nitrogen and oxygen atoms in total. The van der Waals surface area contributed by atoms with Crippen LogP contribution < -0.4 is 11.1 Å². The fraction of sp³-hybridized carbons (Fsp3) is 0.909. The summed E-state index contributed by atoms with van der Waals surface area (Å²) in [5.74, 6) is 0.495. The van der Waals surface area contributed by atoms with Crippen LogP contribution in [-0.2, 0) is 4.79 Å². The van der Waals surface area contributed by atoms with E-state index in [0.29, 0.717) is 5.91 Å². The van der Waals surface area contributed by atoms with Crippen LogP contribution in [-0.4, -0.2) is 42.5 Å². The number of likely N-dealkylation sites (tertiary alicyclic amines) is 1. The van der Waals surface area contributed by atoms with Crippen LogP contribution in [0.5, 0.6) is 0 Å².